The number of alkyl halides is 21. The number of hydrogen-bond donors (Lipinski definition) is 4. The summed E-state index contributed by atoms with van der Waals surface area (Å²) in [7, 11) is 2.05. The summed E-state index contributed by atoms with van der Waals surface area (Å²) in [5, 5.41) is 50.8. The SMILES string of the molecule is COc1ccc(NC(=O)C(F)(F)F)cc1C(F)(F)F.COc1ccc([N+](=O)[O-])cc1C(F)(F)F.O=C(Nc1ccc(O)c(C(F)(F)F)c1)C(F)(F)F.O=[N+]([O-])c1ccc(F)c(C(F)(F)F)c1.O=[N+]([O-])c1ccc(O)c(C(F)(F)F)c1. The van der Waals surface area contributed by atoms with Gasteiger partial charge in [-0.1, -0.05) is 0 Å². The second-order valence-corrected chi connectivity index (χ2v) is 14.1. The second-order valence-electron chi connectivity index (χ2n) is 14.1. The number of amides is 2. The van der Waals surface area contributed by atoms with Crippen LogP contribution in [0.2, 0.25) is 0 Å². The molecule has 39 heteroatoms. The Morgan fingerprint density at radius 2 is 0.675 bits per heavy atom. The molecule has 0 aliphatic carbocycles. The number of phenols is 2. The van der Waals surface area contributed by atoms with Crippen LogP contribution in [0.3, 0.4) is 0 Å². The highest BCUT2D eigenvalue weighted by Crippen LogP contribution is 2.41. The standard InChI is InChI=1S/C10H7F6NO2.C9H5F6NO2.C8H6F3NO3.C7H3F4NO2.C7H4F3NO3/c1-19-7-3-2-5(4-6(7)9(11,12)13)17-8(18)10(14,15)16;10-8(11,12)5-3-4(1-2-6(5)17)16-7(18)9(13,14)15;1-15-7-3-2-5(12(13)14)4-6(7)8(9,10)11;8-6-2-1-4(12(13)14)3-5(6)7(9,10)11;8-7(9,10)5-3-4(11(13)14)1-2-6(5)12/h2-4H,1H3,(H,17,18);1-3,17H,(H,16,18);2-4H,1H3;1-3H;1-3,12H. The summed E-state index contributed by atoms with van der Waals surface area (Å²) in [6.45, 7) is 0. The molecule has 0 unspecified atom stereocenters. The molecule has 0 fully saturated rings. The average Bonchev–Trinajstić information content (AvgIpc) is 3.30. The Bertz CT molecular complexity index is 2940. The predicted octanol–water partition coefficient (Wildman–Crippen LogP) is 13.8. The van der Waals surface area contributed by atoms with Gasteiger partial charge < -0.3 is 30.3 Å². The molecular formula is C41H25F22N5O12. The molecule has 0 atom stereocenters. The van der Waals surface area contributed by atoms with E-state index in [1.54, 1.807) is 0 Å². The van der Waals surface area contributed by atoms with Crippen molar-refractivity contribution in [1.82, 2.24) is 0 Å². The van der Waals surface area contributed by atoms with Crippen LogP contribution in [0.15, 0.2) is 91.0 Å². The van der Waals surface area contributed by atoms with Crippen molar-refractivity contribution in [3.05, 3.63) is 155 Å². The molecule has 0 aromatic heterocycles. The van der Waals surface area contributed by atoms with Crippen LogP contribution in [0.25, 0.3) is 0 Å². The van der Waals surface area contributed by atoms with Gasteiger partial charge in [0.15, 0.2) is 0 Å². The van der Waals surface area contributed by atoms with Gasteiger partial charge in [-0.2, -0.15) is 92.2 Å². The van der Waals surface area contributed by atoms with Crippen LogP contribution in [0.4, 0.5) is 125 Å². The van der Waals surface area contributed by atoms with Crippen molar-refractivity contribution in [2.45, 2.75) is 43.2 Å². The average molecular weight is 1200 g/mol. The smallest absolute Gasteiger partial charge is 0.471 e. The molecule has 440 valence electrons. The van der Waals surface area contributed by atoms with Crippen molar-refractivity contribution in [2.24, 2.45) is 0 Å². The summed E-state index contributed by atoms with van der Waals surface area (Å²) < 4.78 is 277. The van der Waals surface area contributed by atoms with Crippen LogP contribution in [0.1, 0.15) is 27.8 Å². The molecule has 4 N–H and O–H groups in total. The molecule has 0 saturated heterocycles. The maximum atomic E-state index is 12.6. The van der Waals surface area contributed by atoms with Crippen molar-refractivity contribution >= 4 is 40.3 Å². The lowest BCUT2D eigenvalue weighted by Gasteiger charge is -2.14. The van der Waals surface area contributed by atoms with E-state index in [4.69, 9.17) is 10.2 Å². The number of nitrogens with one attached hydrogen (secondary N) is 2. The number of rotatable bonds is 7. The number of hydrogen-bond acceptors (Lipinski definition) is 12. The Morgan fingerprint density at radius 3 is 1.01 bits per heavy atom. The topological polar surface area (TPSA) is 247 Å². The summed E-state index contributed by atoms with van der Waals surface area (Å²) in [4.78, 5) is 48.8. The number of nitrogens with zero attached hydrogens (tertiary/aromatic N) is 3. The van der Waals surface area contributed by atoms with Gasteiger partial charge in [0.1, 0.15) is 39.9 Å². The molecule has 0 spiro atoms. The van der Waals surface area contributed by atoms with Crippen molar-refractivity contribution < 1.29 is 141 Å². The van der Waals surface area contributed by atoms with Crippen molar-refractivity contribution in [3.63, 3.8) is 0 Å². The second kappa shape index (κ2) is 26.5. The largest absolute Gasteiger partial charge is 0.507 e. The number of non-ortho nitro benzene ring substituents is 3. The number of ether oxygens (including phenoxy) is 2. The number of carbonyl (C=O) groups is 2. The van der Waals surface area contributed by atoms with Gasteiger partial charge in [0.05, 0.1) is 45.7 Å². The Balaban J connectivity index is 0.000000503. The van der Waals surface area contributed by atoms with Gasteiger partial charge in [-0.25, -0.2) is 4.39 Å². The molecular weight excluding hydrogens is 1170 g/mol. The maximum absolute atomic E-state index is 12.6. The van der Waals surface area contributed by atoms with E-state index in [-0.39, 0.29) is 18.2 Å². The Kier molecular flexibility index (Phi) is 22.8. The first-order valence-corrected chi connectivity index (χ1v) is 19.4. The quantitative estimate of drug-likeness (QED) is 0.0514. The fraction of sp³-hybridized carbons (Fsp3) is 0.220. The van der Waals surface area contributed by atoms with E-state index in [0.717, 1.165) is 44.6 Å². The van der Waals surface area contributed by atoms with E-state index in [9.17, 15) is 137 Å². The molecule has 17 nitrogen and oxygen atoms in total. The number of benzene rings is 5. The van der Waals surface area contributed by atoms with E-state index < -0.39 is 155 Å². The molecule has 0 radical (unpaired) electrons. The van der Waals surface area contributed by atoms with Gasteiger partial charge >= 0.3 is 55.0 Å². The third-order valence-corrected chi connectivity index (χ3v) is 8.50. The molecule has 0 aliphatic rings. The molecule has 80 heavy (non-hydrogen) atoms. The van der Waals surface area contributed by atoms with E-state index in [2.05, 4.69) is 9.47 Å². The van der Waals surface area contributed by atoms with E-state index in [1.807, 2.05) is 0 Å². The first-order valence-electron chi connectivity index (χ1n) is 19.4. The fourth-order valence-corrected chi connectivity index (χ4v) is 4.99. The van der Waals surface area contributed by atoms with E-state index in [0.29, 0.717) is 42.5 Å². The van der Waals surface area contributed by atoms with E-state index in [1.165, 1.54) is 10.6 Å². The molecule has 0 heterocycles. The minimum atomic E-state index is -5.21. The van der Waals surface area contributed by atoms with Crippen LogP contribution in [-0.4, -0.2) is 63.4 Å². The Morgan fingerprint density at radius 1 is 0.412 bits per heavy atom. The van der Waals surface area contributed by atoms with Gasteiger partial charge in [0.25, 0.3) is 17.1 Å². The number of phenolic OH excluding ortho intramolecular Hbond substituents is 2. The van der Waals surface area contributed by atoms with Gasteiger partial charge in [-0.3, -0.25) is 39.9 Å². The number of nitro groups is 3. The predicted molar refractivity (Wildman–Crippen MR) is 223 cm³/mol. The Labute approximate surface area is 427 Å². The first kappa shape index (κ1) is 68.9. The van der Waals surface area contributed by atoms with Crippen molar-refractivity contribution in [3.8, 4) is 23.0 Å². The molecule has 2 amide bonds. The zero-order valence-electron chi connectivity index (χ0n) is 38.3. The highest BCUT2D eigenvalue weighted by atomic mass is 19.4. The van der Waals surface area contributed by atoms with Crippen LogP contribution < -0.4 is 20.1 Å². The summed E-state index contributed by atoms with van der Waals surface area (Å²) in [5.74, 6) is -9.45. The van der Waals surface area contributed by atoms with Gasteiger partial charge in [-0.15, -0.1) is 0 Å². The van der Waals surface area contributed by atoms with Crippen LogP contribution in [0, 0.1) is 36.2 Å². The molecule has 5 rings (SSSR count). The third kappa shape index (κ3) is 21.4. The third-order valence-electron chi connectivity index (χ3n) is 8.50. The summed E-state index contributed by atoms with van der Waals surface area (Å²) >= 11 is 0. The molecule has 0 saturated carbocycles. The number of anilines is 2. The van der Waals surface area contributed by atoms with Crippen LogP contribution in [-0.2, 0) is 40.5 Å². The lowest BCUT2D eigenvalue weighted by molar-refractivity contribution is -0.385. The Hall–Kier alpha value is -9.10. The molecule has 5 aromatic rings. The minimum Gasteiger partial charge on any atom is -0.507 e. The monoisotopic (exact) mass is 1200 g/mol. The lowest BCUT2D eigenvalue weighted by atomic mass is 10.1. The zero-order valence-corrected chi connectivity index (χ0v) is 38.3. The van der Waals surface area contributed by atoms with Crippen LogP contribution >= 0.6 is 0 Å². The summed E-state index contributed by atoms with van der Waals surface area (Å²) in [5.41, 5.74) is -10.5. The number of carbonyl (C=O) groups excluding carboxylic acids is 2. The lowest BCUT2D eigenvalue weighted by Crippen LogP contribution is -2.30. The maximum Gasteiger partial charge on any atom is 0.471 e. The highest BCUT2D eigenvalue weighted by Gasteiger charge is 2.42. The number of methoxy groups -OCH3 is 2. The molecule has 0 bridgehead atoms. The van der Waals surface area contributed by atoms with Gasteiger partial charge in [-0.05, 0) is 54.6 Å². The molecule has 0 aliphatic heterocycles. The van der Waals surface area contributed by atoms with Gasteiger partial charge in [0.2, 0.25) is 0 Å². The number of aromatic hydroxyl groups is 2. The van der Waals surface area contributed by atoms with Crippen LogP contribution in [0.5, 0.6) is 23.0 Å². The first-order chi connectivity index (χ1) is 36.1. The summed E-state index contributed by atoms with van der Waals surface area (Å²) in [6, 6.07) is 8.80. The number of nitro benzene ring substituents is 3. The fourth-order valence-electron chi connectivity index (χ4n) is 4.99. The van der Waals surface area contributed by atoms with E-state index >= 15 is 0 Å². The summed E-state index contributed by atoms with van der Waals surface area (Å²) in [6.07, 6.45) is -34.5. The normalized spacial score (nSPS) is 11.8. The van der Waals surface area contributed by atoms with Gasteiger partial charge in [0, 0.05) is 47.8 Å². The number of halogens is 22. The van der Waals surface area contributed by atoms with Crippen molar-refractivity contribution in [1.29, 1.82) is 0 Å². The minimum absolute atomic E-state index is 0.162. The van der Waals surface area contributed by atoms with Crippen molar-refractivity contribution in [2.75, 3.05) is 24.9 Å². The molecule has 5 aromatic carbocycles. The highest BCUT2D eigenvalue weighted by molar-refractivity contribution is 5.95. The zero-order chi connectivity index (χ0) is 62.5.